The second kappa shape index (κ2) is 11.9. The molecule has 33 heavy (non-hydrogen) atoms. The summed E-state index contributed by atoms with van der Waals surface area (Å²) in [5, 5.41) is 2.79. The Hall–Kier alpha value is -3.52. The molecule has 0 aliphatic heterocycles. The molecule has 174 valence electrons. The number of nitrogens with one attached hydrogen (secondary N) is 1. The van der Waals surface area contributed by atoms with Crippen LogP contribution < -0.4 is 19.1 Å². The number of anilines is 1. The number of hydrogen-bond donors (Lipinski definition) is 1. The van der Waals surface area contributed by atoms with Crippen molar-refractivity contribution in [1.29, 1.82) is 0 Å². The van der Waals surface area contributed by atoms with Gasteiger partial charge >= 0.3 is 0 Å². The van der Waals surface area contributed by atoms with Crippen LogP contribution in [0.2, 0.25) is 0 Å². The van der Waals surface area contributed by atoms with Crippen LogP contribution in [0.1, 0.15) is 12.8 Å². The summed E-state index contributed by atoms with van der Waals surface area (Å²) >= 11 is 0. The smallest absolute Gasteiger partial charge is 0.232 e. The van der Waals surface area contributed by atoms with E-state index in [9.17, 15) is 13.2 Å². The molecule has 0 unspecified atom stereocenters. The SMILES string of the molecule is CS(=O)(=O)N(CCCC(=O)NCCOc1ccccc1)c1ccccc1Oc1ccccc1. The lowest BCUT2D eigenvalue weighted by molar-refractivity contribution is -0.121. The lowest BCUT2D eigenvalue weighted by Gasteiger charge is -2.24. The molecule has 3 aromatic carbocycles. The third-order valence-corrected chi connectivity index (χ3v) is 5.89. The molecule has 0 bridgehead atoms. The first kappa shape index (κ1) is 24.1. The van der Waals surface area contributed by atoms with Crippen molar-refractivity contribution >= 4 is 21.6 Å². The Kier molecular flexibility index (Phi) is 8.71. The molecule has 3 rings (SSSR count). The highest BCUT2D eigenvalue weighted by Crippen LogP contribution is 2.33. The van der Waals surface area contributed by atoms with Gasteiger partial charge in [0.25, 0.3) is 0 Å². The van der Waals surface area contributed by atoms with Crippen molar-refractivity contribution < 1.29 is 22.7 Å². The first-order chi connectivity index (χ1) is 15.9. The van der Waals surface area contributed by atoms with Crippen LogP contribution in [0.25, 0.3) is 0 Å². The van der Waals surface area contributed by atoms with Crippen LogP contribution in [0.3, 0.4) is 0 Å². The number of hydrogen-bond acceptors (Lipinski definition) is 5. The number of benzene rings is 3. The van der Waals surface area contributed by atoms with Crippen molar-refractivity contribution in [2.45, 2.75) is 12.8 Å². The van der Waals surface area contributed by atoms with E-state index < -0.39 is 10.0 Å². The molecular formula is C25H28N2O5S. The molecule has 0 radical (unpaired) electrons. The average Bonchev–Trinajstić information content (AvgIpc) is 2.81. The second-order valence-electron chi connectivity index (χ2n) is 7.33. The van der Waals surface area contributed by atoms with Crippen molar-refractivity contribution in [3.05, 3.63) is 84.9 Å². The molecular weight excluding hydrogens is 440 g/mol. The largest absolute Gasteiger partial charge is 0.492 e. The number of carbonyl (C=O) groups excluding carboxylic acids is 1. The molecule has 8 heteroatoms. The molecule has 0 atom stereocenters. The minimum Gasteiger partial charge on any atom is -0.492 e. The van der Waals surface area contributed by atoms with Gasteiger partial charge in [0.05, 0.1) is 18.5 Å². The molecule has 0 fully saturated rings. The van der Waals surface area contributed by atoms with Crippen LogP contribution >= 0.6 is 0 Å². The van der Waals surface area contributed by atoms with E-state index in [1.54, 1.807) is 36.4 Å². The summed E-state index contributed by atoms with van der Waals surface area (Å²) in [6.07, 6.45) is 1.70. The predicted octanol–water partition coefficient (Wildman–Crippen LogP) is 4.22. The number of sulfonamides is 1. The van der Waals surface area contributed by atoms with Crippen LogP contribution in [0.4, 0.5) is 5.69 Å². The molecule has 3 aromatic rings. The van der Waals surface area contributed by atoms with Crippen molar-refractivity contribution in [2.24, 2.45) is 0 Å². The first-order valence-corrected chi connectivity index (χ1v) is 12.5. The topological polar surface area (TPSA) is 84.9 Å². The summed E-state index contributed by atoms with van der Waals surface area (Å²) in [5.74, 6) is 1.62. The van der Waals surface area contributed by atoms with Gasteiger partial charge in [-0.3, -0.25) is 9.10 Å². The highest BCUT2D eigenvalue weighted by atomic mass is 32.2. The number of ether oxygens (including phenoxy) is 2. The average molecular weight is 469 g/mol. The Morgan fingerprint density at radius 2 is 1.48 bits per heavy atom. The summed E-state index contributed by atoms with van der Waals surface area (Å²) in [7, 11) is -3.58. The van der Waals surface area contributed by atoms with E-state index in [0.29, 0.717) is 36.8 Å². The molecule has 0 aliphatic carbocycles. The number of para-hydroxylation sites is 4. The third-order valence-electron chi connectivity index (χ3n) is 4.71. The predicted molar refractivity (Wildman–Crippen MR) is 129 cm³/mol. The van der Waals surface area contributed by atoms with Gasteiger partial charge in [-0.1, -0.05) is 48.5 Å². The summed E-state index contributed by atoms with van der Waals surface area (Å²) < 4.78 is 37.8. The molecule has 1 N–H and O–H groups in total. The highest BCUT2D eigenvalue weighted by molar-refractivity contribution is 7.92. The van der Waals surface area contributed by atoms with Gasteiger partial charge in [0.1, 0.15) is 18.1 Å². The number of amides is 1. The summed E-state index contributed by atoms with van der Waals surface area (Å²) in [4.78, 5) is 12.2. The Bertz CT molecular complexity index is 1120. The lowest BCUT2D eigenvalue weighted by Crippen LogP contribution is -2.33. The van der Waals surface area contributed by atoms with Gasteiger partial charge in [0.2, 0.25) is 15.9 Å². The molecule has 0 heterocycles. The Balaban J connectivity index is 1.54. The van der Waals surface area contributed by atoms with Crippen LogP contribution in [0, 0.1) is 0 Å². The van der Waals surface area contributed by atoms with Gasteiger partial charge in [-0.05, 0) is 42.8 Å². The molecule has 0 aliphatic rings. The Morgan fingerprint density at radius 3 is 2.15 bits per heavy atom. The molecule has 0 saturated carbocycles. The summed E-state index contributed by atoms with van der Waals surface area (Å²) in [6, 6.07) is 25.5. The normalized spacial score (nSPS) is 10.9. The van der Waals surface area contributed by atoms with Gasteiger partial charge in [0.15, 0.2) is 5.75 Å². The molecule has 0 spiro atoms. The highest BCUT2D eigenvalue weighted by Gasteiger charge is 2.21. The zero-order valence-corrected chi connectivity index (χ0v) is 19.3. The van der Waals surface area contributed by atoms with E-state index in [1.807, 2.05) is 48.5 Å². The number of rotatable bonds is 12. The van der Waals surface area contributed by atoms with Gasteiger partial charge in [-0.25, -0.2) is 8.42 Å². The molecule has 0 aromatic heterocycles. The van der Waals surface area contributed by atoms with Crippen LogP contribution in [0.15, 0.2) is 84.9 Å². The van der Waals surface area contributed by atoms with Crippen molar-refractivity contribution in [3.8, 4) is 17.2 Å². The Labute approximate surface area is 195 Å². The van der Waals surface area contributed by atoms with E-state index in [-0.39, 0.29) is 18.9 Å². The van der Waals surface area contributed by atoms with Crippen LogP contribution in [0.5, 0.6) is 17.2 Å². The first-order valence-electron chi connectivity index (χ1n) is 10.7. The Morgan fingerprint density at radius 1 is 0.879 bits per heavy atom. The lowest BCUT2D eigenvalue weighted by atomic mass is 10.2. The quantitative estimate of drug-likeness (QED) is 0.402. The maximum absolute atomic E-state index is 12.5. The maximum Gasteiger partial charge on any atom is 0.232 e. The molecule has 1 amide bonds. The van der Waals surface area contributed by atoms with E-state index in [0.717, 1.165) is 12.0 Å². The zero-order valence-electron chi connectivity index (χ0n) is 18.5. The van der Waals surface area contributed by atoms with Gasteiger partial charge in [0, 0.05) is 13.0 Å². The minimum absolute atomic E-state index is 0.155. The molecule has 7 nitrogen and oxygen atoms in total. The van der Waals surface area contributed by atoms with Crippen LogP contribution in [-0.2, 0) is 14.8 Å². The summed E-state index contributed by atoms with van der Waals surface area (Å²) in [6.45, 7) is 0.884. The van der Waals surface area contributed by atoms with E-state index in [2.05, 4.69) is 5.32 Å². The van der Waals surface area contributed by atoms with E-state index in [4.69, 9.17) is 9.47 Å². The van der Waals surface area contributed by atoms with Crippen LogP contribution in [-0.4, -0.2) is 40.3 Å². The second-order valence-corrected chi connectivity index (χ2v) is 9.24. The fourth-order valence-electron chi connectivity index (χ4n) is 3.18. The van der Waals surface area contributed by atoms with E-state index >= 15 is 0 Å². The number of nitrogens with zero attached hydrogens (tertiary/aromatic N) is 1. The number of carbonyl (C=O) groups is 1. The van der Waals surface area contributed by atoms with Crippen molar-refractivity contribution in [1.82, 2.24) is 5.32 Å². The van der Waals surface area contributed by atoms with E-state index in [1.165, 1.54) is 4.31 Å². The summed E-state index contributed by atoms with van der Waals surface area (Å²) in [5.41, 5.74) is 0.431. The van der Waals surface area contributed by atoms with Gasteiger partial charge in [-0.15, -0.1) is 0 Å². The van der Waals surface area contributed by atoms with Gasteiger partial charge < -0.3 is 14.8 Å². The standard InChI is InChI=1S/C25H28N2O5S/c1-33(29,30)27(23-15-8-9-16-24(23)32-22-13-6-3-7-14-22)19-10-17-25(28)26-18-20-31-21-11-4-2-5-12-21/h2-9,11-16H,10,17-20H2,1H3,(H,26,28). The fraction of sp³-hybridized carbons (Fsp3) is 0.240. The zero-order chi connectivity index (χ0) is 23.5. The maximum atomic E-state index is 12.5. The fourth-order valence-corrected chi connectivity index (χ4v) is 4.15. The molecule has 0 saturated heterocycles. The monoisotopic (exact) mass is 468 g/mol. The van der Waals surface area contributed by atoms with Gasteiger partial charge in [-0.2, -0.15) is 0 Å². The minimum atomic E-state index is -3.58. The third kappa shape index (κ3) is 7.84. The van der Waals surface area contributed by atoms with Crippen molar-refractivity contribution in [3.63, 3.8) is 0 Å². The van der Waals surface area contributed by atoms with Crippen molar-refractivity contribution in [2.75, 3.05) is 30.3 Å².